The normalized spacial score (nSPS) is 20.2. The Morgan fingerprint density at radius 2 is 2.22 bits per heavy atom. The van der Waals surface area contributed by atoms with Crippen molar-refractivity contribution in [1.82, 2.24) is 4.90 Å². The zero-order chi connectivity index (χ0) is 13.0. The molecule has 2 N–H and O–H groups in total. The Labute approximate surface area is 109 Å². The fourth-order valence-corrected chi connectivity index (χ4v) is 2.59. The second-order valence-corrected chi connectivity index (χ2v) is 4.92. The molecule has 1 unspecified atom stereocenters. The summed E-state index contributed by atoms with van der Waals surface area (Å²) in [6.07, 6.45) is 1.21. The molecular formula is C14H22N2O2. The van der Waals surface area contributed by atoms with Gasteiger partial charge in [-0.3, -0.25) is 4.90 Å². The predicted octanol–water partition coefficient (Wildman–Crippen LogP) is 1.75. The van der Waals surface area contributed by atoms with E-state index >= 15 is 0 Å². The number of nitrogens with zero attached hydrogens (tertiary/aromatic N) is 1. The minimum atomic E-state index is 0.655. The zero-order valence-electron chi connectivity index (χ0n) is 11.2. The lowest BCUT2D eigenvalue weighted by Crippen LogP contribution is -2.21. The maximum absolute atomic E-state index is 5.84. The predicted molar refractivity (Wildman–Crippen MR) is 72.7 cm³/mol. The second-order valence-electron chi connectivity index (χ2n) is 4.92. The fraction of sp³-hybridized carbons (Fsp3) is 0.571. The first-order valence-corrected chi connectivity index (χ1v) is 6.36. The van der Waals surface area contributed by atoms with E-state index in [1.807, 2.05) is 18.2 Å². The summed E-state index contributed by atoms with van der Waals surface area (Å²) in [4.78, 5) is 2.43. The van der Waals surface area contributed by atoms with Gasteiger partial charge in [0.25, 0.3) is 0 Å². The van der Waals surface area contributed by atoms with Gasteiger partial charge in [0.1, 0.15) is 5.75 Å². The summed E-state index contributed by atoms with van der Waals surface area (Å²) in [5.41, 5.74) is 7.79. The van der Waals surface area contributed by atoms with Gasteiger partial charge in [0.15, 0.2) is 0 Å². The van der Waals surface area contributed by atoms with Crippen LogP contribution in [0.3, 0.4) is 0 Å². The number of benzene rings is 1. The van der Waals surface area contributed by atoms with Crippen molar-refractivity contribution in [2.45, 2.75) is 13.0 Å². The molecule has 0 aliphatic carbocycles. The minimum absolute atomic E-state index is 0.655. The van der Waals surface area contributed by atoms with Crippen molar-refractivity contribution < 1.29 is 9.47 Å². The molecule has 0 aromatic heterocycles. The third kappa shape index (κ3) is 3.15. The first-order chi connectivity index (χ1) is 8.72. The Hall–Kier alpha value is -1.26. The van der Waals surface area contributed by atoms with Crippen molar-refractivity contribution in [1.29, 1.82) is 0 Å². The summed E-state index contributed by atoms with van der Waals surface area (Å²) in [5.74, 6) is 1.57. The standard InChI is InChI=1S/C14H22N2O2/c1-17-10-11-5-6-16(8-11)9-12-7-13(15)3-4-14(12)18-2/h3-4,7,11H,5-6,8-10,15H2,1-2H3. The van der Waals surface area contributed by atoms with Crippen molar-refractivity contribution in [3.63, 3.8) is 0 Å². The summed E-state index contributed by atoms with van der Waals surface area (Å²) >= 11 is 0. The van der Waals surface area contributed by atoms with Gasteiger partial charge < -0.3 is 15.2 Å². The highest BCUT2D eigenvalue weighted by Gasteiger charge is 2.23. The molecule has 1 saturated heterocycles. The van der Waals surface area contributed by atoms with Gasteiger partial charge in [-0.25, -0.2) is 0 Å². The zero-order valence-corrected chi connectivity index (χ0v) is 11.2. The number of hydrogen-bond donors (Lipinski definition) is 1. The van der Waals surface area contributed by atoms with Gasteiger partial charge in [-0.1, -0.05) is 0 Å². The molecule has 1 aliphatic heterocycles. The summed E-state index contributed by atoms with van der Waals surface area (Å²) in [7, 11) is 3.47. The van der Waals surface area contributed by atoms with Crippen LogP contribution in [0.1, 0.15) is 12.0 Å². The van der Waals surface area contributed by atoms with Crippen LogP contribution in [0.5, 0.6) is 5.75 Å². The molecule has 0 spiro atoms. The average Bonchev–Trinajstić information content (AvgIpc) is 2.77. The van der Waals surface area contributed by atoms with Crippen LogP contribution < -0.4 is 10.5 Å². The lowest BCUT2D eigenvalue weighted by molar-refractivity contribution is 0.152. The number of methoxy groups -OCH3 is 2. The Bertz CT molecular complexity index is 395. The van der Waals surface area contributed by atoms with Crippen LogP contribution in [-0.2, 0) is 11.3 Å². The molecule has 2 rings (SSSR count). The van der Waals surface area contributed by atoms with E-state index in [1.165, 1.54) is 6.42 Å². The van der Waals surface area contributed by atoms with Crippen LogP contribution in [-0.4, -0.2) is 38.8 Å². The van der Waals surface area contributed by atoms with Gasteiger partial charge in [0, 0.05) is 31.5 Å². The van der Waals surface area contributed by atoms with E-state index in [0.717, 1.165) is 43.2 Å². The molecule has 18 heavy (non-hydrogen) atoms. The van der Waals surface area contributed by atoms with Gasteiger partial charge >= 0.3 is 0 Å². The number of rotatable bonds is 5. The number of ether oxygens (including phenoxy) is 2. The van der Waals surface area contributed by atoms with Crippen molar-refractivity contribution in [2.24, 2.45) is 5.92 Å². The highest BCUT2D eigenvalue weighted by Crippen LogP contribution is 2.25. The van der Waals surface area contributed by atoms with Gasteiger partial charge in [0.05, 0.1) is 13.7 Å². The number of anilines is 1. The number of likely N-dealkylation sites (tertiary alicyclic amines) is 1. The highest BCUT2D eigenvalue weighted by molar-refractivity contribution is 5.47. The first kappa shape index (κ1) is 13.2. The Balaban J connectivity index is 1.99. The SMILES string of the molecule is COCC1CCN(Cc2cc(N)ccc2OC)C1. The fourth-order valence-electron chi connectivity index (χ4n) is 2.59. The molecule has 1 aromatic carbocycles. The van der Waals surface area contributed by atoms with Crippen LogP contribution in [0, 0.1) is 5.92 Å². The van der Waals surface area contributed by atoms with E-state index in [9.17, 15) is 0 Å². The Kier molecular flexibility index (Phi) is 4.44. The maximum atomic E-state index is 5.84. The second kappa shape index (κ2) is 6.07. The molecule has 1 aromatic rings. The smallest absolute Gasteiger partial charge is 0.123 e. The third-order valence-electron chi connectivity index (χ3n) is 3.47. The first-order valence-electron chi connectivity index (χ1n) is 6.36. The molecule has 0 radical (unpaired) electrons. The Morgan fingerprint density at radius 1 is 1.39 bits per heavy atom. The third-order valence-corrected chi connectivity index (χ3v) is 3.47. The quantitative estimate of drug-likeness (QED) is 0.809. The van der Waals surface area contributed by atoms with Crippen molar-refractivity contribution >= 4 is 5.69 Å². The van der Waals surface area contributed by atoms with E-state index < -0.39 is 0 Å². The van der Waals surface area contributed by atoms with Gasteiger partial charge in [0.2, 0.25) is 0 Å². The topological polar surface area (TPSA) is 47.7 Å². The molecular weight excluding hydrogens is 228 g/mol. The lowest BCUT2D eigenvalue weighted by atomic mass is 10.1. The van der Waals surface area contributed by atoms with Gasteiger partial charge in [-0.05, 0) is 37.1 Å². The molecule has 0 bridgehead atoms. The number of nitrogen functional groups attached to an aromatic ring is 1. The van der Waals surface area contributed by atoms with Crippen LogP contribution in [0.15, 0.2) is 18.2 Å². The molecule has 0 amide bonds. The van der Waals surface area contributed by atoms with E-state index in [2.05, 4.69) is 4.90 Å². The van der Waals surface area contributed by atoms with Crippen molar-refractivity contribution in [3.8, 4) is 5.75 Å². The van der Waals surface area contributed by atoms with Gasteiger partial charge in [-0.2, -0.15) is 0 Å². The molecule has 4 nitrogen and oxygen atoms in total. The van der Waals surface area contributed by atoms with Crippen LogP contribution in [0.25, 0.3) is 0 Å². The molecule has 4 heteroatoms. The summed E-state index contributed by atoms with van der Waals surface area (Å²) in [6, 6.07) is 5.82. The van der Waals surface area contributed by atoms with Crippen LogP contribution in [0.2, 0.25) is 0 Å². The highest BCUT2D eigenvalue weighted by atomic mass is 16.5. The van der Waals surface area contributed by atoms with Crippen LogP contribution >= 0.6 is 0 Å². The minimum Gasteiger partial charge on any atom is -0.496 e. The van der Waals surface area contributed by atoms with Crippen molar-refractivity contribution in [3.05, 3.63) is 23.8 Å². The average molecular weight is 250 g/mol. The van der Waals surface area contributed by atoms with E-state index in [-0.39, 0.29) is 0 Å². The lowest BCUT2D eigenvalue weighted by Gasteiger charge is -2.18. The van der Waals surface area contributed by atoms with E-state index in [1.54, 1.807) is 14.2 Å². The molecule has 0 saturated carbocycles. The summed E-state index contributed by atoms with van der Waals surface area (Å²) in [5, 5.41) is 0. The largest absolute Gasteiger partial charge is 0.496 e. The van der Waals surface area contributed by atoms with E-state index in [0.29, 0.717) is 5.92 Å². The molecule has 1 atom stereocenters. The Morgan fingerprint density at radius 3 is 2.94 bits per heavy atom. The number of hydrogen-bond acceptors (Lipinski definition) is 4. The molecule has 1 aliphatic rings. The van der Waals surface area contributed by atoms with E-state index in [4.69, 9.17) is 15.2 Å². The van der Waals surface area contributed by atoms with Gasteiger partial charge in [-0.15, -0.1) is 0 Å². The maximum Gasteiger partial charge on any atom is 0.123 e. The van der Waals surface area contributed by atoms with Crippen molar-refractivity contribution in [2.75, 3.05) is 39.6 Å². The molecule has 1 heterocycles. The number of nitrogens with two attached hydrogens (primary N) is 1. The summed E-state index contributed by atoms with van der Waals surface area (Å²) in [6.45, 7) is 3.96. The van der Waals surface area contributed by atoms with Crippen LogP contribution in [0.4, 0.5) is 5.69 Å². The molecule has 1 fully saturated rings. The summed E-state index contributed by atoms with van der Waals surface area (Å²) < 4.78 is 10.6. The molecule has 100 valence electrons. The monoisotopic (exact) mass is 250 g/mol.